The number of aromatic nitrogens is 2. The highest BCUT2D eigenvalue weighted by Crippen LogP contribution is 2.42. The summed E-state index contributed by atoms with van der Waals surface area (Å²) >= 11 is 5.85. The van der Waals surface area contributed by atoms with E-state index in [1.54, 1.807) is 6.92 Å². The average molecular weight is 532 g/mol. The number of nitrogens with one attached hydrogen (secondary N) is 1. The van der Waals surface area contributed by atoms with E-state index in [1.165, 1.54) is 10.6 Å². The fraction of sp³-hybridized carbons (Fsp3) is 0.360. The lowest BCUT2D eigenvalue weighted by Gasteiger charge is -2.31. The van der Waals surface area contributed by atoms with Crippen LogP contribution >= 0.6 is 11.6 Å². The highest BCUT2D eigenvalue weighted by molar-refractivity contribution is 6.31. The Morgan fingerprint density at radius 3 is 2.65 bits per heavy atom. The molecule has 3 aliphatic rings. The van der Waals surface area contributed by atoms with Crippen LogP contribution < -0.4 is 10.9 Å². The monoisotopic (exact) mass is 531 g/mol. The fourth-order valence-corrected chi connectivity index (χ4v) is 5.26. The maximum absolute atomic E-state index is 15.3. The molecular formula is C25H20ClF2N3O6. The molecule has 3 aromatic rings. The molecule has 0 spiro atoms. The second kappa shape index (κ2) is 7.80. The third kappa shape index (κ3) is 3.27. The number of carbonyl (C=O) groups excluding carboxylic acids is 2. The summed E-state index contributed by atoms with van der Waals surface area (Å²) in [5.41, 5.74) is -2.90. The maximum atomic E-state index is 15.3. The highest BCUT2D eigenvalue weighted by Gasteiger charge is 2.48. The Hall–Kier alpha value is -3.41. The molecule has 9 nitrogen and oxygen atoms in total. The van der Waals surface area contributed by atoms with Crippen molar-refractivity contribution in [3.05, 3.63) is 61.4 Å². The second-order valence-electron chi connectivity index (χ2n) is 9.62. The van der Waals surface area contributed by atoms with Gasteiger partial charge in [-0.25, -0.2) is 18.6 Å². The van der Waals surface area contributed by atoms with E-state index in [1.807, 2.05) is 0 Å². The molecule has 1 aromatic carbocycles. The Balaban J connectivity index is 1.59. The molecule has 0 radical (unpaired) electrons. The summed E-state index contributed by atoms with van der Waals surface area (Å²) in [6.07, 6.45) is 0.550. The van der Waals surface area contributed by atoms with Crippen LogP contribution in [-0.4, -0.2) is 37.2 Å². The Labute approximate surface area is 212 Å². The molecule has 3 N–H and O–H groups in total. The maximum Gasteiger partial charge on any atom is 0.343 e. The van der Waals surface area contributed by atoms with Crippen LogP contribution in [0.2, 0.25) is 5.02 Å². The van der Waals surface area contributed by atoms with Gasteiger partial charge in [-0.3, -0.25) is 9.59 Å². The third-order valence-electron chi connectivity index (χ3n) is 7.50. The predicted octanol–water partition coefficient (Wildman–Crippen LogP) is 2.15. The number of halogens is 3. The largest absolute Gasteiger partial charge is 0.458 e. The van der Waals surface area contributed by atoms with Gasteiger partial charge < -0.3 is 24.8 Å². The number of pyridine rings is 2. The summed E-state index contributed by atoms with van der Waals surface area (Å²) in [6.45, 7) is 0.940. The number of nitrogens with zero attached hydrogens (tertiary/aromatic N) is 2. The van der Waals surface area contributed by atoms with E-state index in [2.05, 4.69) is 10.3 Å². The van der Waals surface area contributed by atoms with Crippen molar-refractivity contribution < 1.29 is 33.3 Å². The van der Waals surface area contributed by atoms with Crippen molar-refractivity contribution in [1.82, 2.24) is 14.9 Å². The van der Waals surface area contributed by atoms with Crippen LogP contribution in [0.1, 0.15) is 48.4 Å². The normalized spacial score (nSPS) is 20.8. The first-order valence-corrected chi connectivity index (χ1v) is 12.0. The third-order valence-corrected chi connectivity index (χ3v) is 7.85. The number of cyclic esters (lactones) is 1. The molecule has 37 heavy (non-hydrogen) atoms. The van der Waals surface area contributed by atoms with Gasteiger partial charge in [0.15, 0.2) is 11.4 Å². The highest BCUT2D eigenvalue weighted by atomic mass is 35.5. The van der Waals surface area contributed by atoms with Crippen LogP contribution in [0.5, 0.6) is 0 Å². The Bertz CT molecular complexity index is 1630. The fourth-order valence-electron chi connectivity index (χ4n) is 5.11. The summed E-state index contributed by atoms with van der Waals surface area (Å²) in [7, 11) is 0. The first kappa shape index (κ1) is 24.0. The minimum atomic E-state index is -2.04. The Morgan fingerprint density at radius 2 is 1.97 bits per heavy atom. The van der Waals surface area contributed by atoms with Gasteiger partial charge in [0.25, 0.3) is 11.5 Å². The van der Waals surface area contributed by atoms with E-state index in [-0.39, 0.29) is 65.1 Å². The van der Waals surface area contributed by atoms with Crippen molar-refractivity contribution >= 4 is 34.4 Å². The molecule has 0 saturated heterocycles. The van der Waals surface area contributed by atoms with Crippen LogP contribution in [0.15, 0.2) is 16.9 Å². The van der Waals surface area contributed by atoms with Crippen molar-refractivity contribution in [2.75, 3.05) is 0 Å². The van der Waals surface area contributed by atoms with Crippen LogP contribution in [0.4, 0.5) is 8.78 Å². The summed E-state index contributed by atoms with van der Waals surface area (Å²) in [5, 5.41) is 22.9. The van der Waals surface area contributed by atoms with Gasteiger partial charge in [-0.05, 0) is 30.9 Å². The van der Waals surface area contributed by atoms with Gasteiger partial charge in [-0.1, -0.05) is 18.5 Å². The topological polar surface area (TPSA) is 131 Å². The van der Waals surface area contributed by atoms with Crippen molar-refractivity contribution in [3.8, 4) is 11.4 Å². The molecule has 12 heteroatoms. The van der Waals surface area contributed by atoms with E-state index in [0.29, 0.717) is 18.4 Å². The number of aliphatic hydroxyl groups is 2. The van der Waals surface area contributed by atoms with Crippen molar-refractivity contribution in [2.24, 2.45) is 0 Å². The lowest BCUT2D eigenvalue weighted by Crippen LogP contribution is -2.44. The van der Waals surface area contributed by atoms with Crippen LogP contribution in [0.25, 0.3) is 22.3 Å². The Morgan fingerprint density at radius 1 is 1.24 bits per heavy atom. The number of carbonyl (C=O) groups is 2. The van der Waals surface area contributed by atoms with Crippen LogP contribution in [-0.2, 0) is 39.6 Å². The number of fused-ring (bicyclic) bond motifs is 5. The summed E-state index contributed by atoms with van der Waals surface area (Å²) in [4.78, 5) is 42.7. The number of hydrogen-bond donors (Lipinski definition) is 3. The first-order chi connectivity index (χ1) is 17.5. The van der Waals surface area contributed by atoms with E-state index < -0.39 is 45.3 Å². The molecule has 0 unspecified atom stereocenters. The Kier molecular flexibility index (Phi) is 5.05. The molecule has 1 saturated carbocycles. The number of hydrogen-bond acceptors (Lipinski definition) is 7. The molecule has 0 bridgehead atoms. The summed E-state index contributed by atoms with van der Waals surface area (Å²) < 4.78 is 36.1. The number of esters is 1. The standard InChI is InChI=1S/C25H20ClF2N3O6/c1-2-25(36)13-5-16-20-11(8-31(16)21(32)12(13)9-37-23(25)34)10(7-29-22(33)24(35)3-4-24)17-15(30-20)6-14(27)18(26)19(17)28/h5-6,35-36H,2-4,7-9H2,1H3,(H,29,33)/t25-/m0/s1. The smallest absolute Gasteiger partial charge is 0.343 e. The number of amides is 1. The number of rotatable bonds is 4. The zero-order valence-corrected chi connectivity index (χ0v) is 20.2. The molecule has 4 heterocycles. The minimum absolute atomic E-state index is 0.0468. The first-order valence-electron chi connectivity index (χ1n) is 11.7. The number of ether oxygens (including phenoxy) is 1. The molecule has 6 rings (SSSR count). The molecule has 1 atom stereocenters. The second-order valence-corrected chi connectivity index (χ2v) is 9.99. The van der Waals surface area contributed by atoms with E-state index >= 15 is 4.39 Å². The van der Waals surface area contributed by atoms with Gasteiger partial charge in [0.1, 0.15) is 23.0 Å². The van der Waals surface area contributed by atoms with Crippen molar-refractivity contribution in [2.45, 2.75) is 57.1 Å². The lowest BCUT2D eigenvalue weighted by molar-refractivity contribution is -0.172. The quantitative estimate of drug-likeness (QED) is 0.272. The lowest BCUT2D eigenvalue weighted by atomic mass is 9.86. The zero-order chi connectivity index (χ0) is 26.4. The van der Waals surface area contributed by atoms with Crippen LogP contribution in [0, 0.1) is 11.6 Å². The number of benzene rings is 1. The molecule has 2 aromatic heterocycles. The van der Waals surface area contributed by atoms with E-state index in [4.69, 9.17) is 16.3 Å². The molecule has 2 aliphatic heterocycles. The van der Waals surface area contributed by atoms with Crippen LogP contribution in [0.3, 0.4) is 0 Å². The van der Waals surface area contributed by atoms with Gasteiger partial charge >= 0.3 is 5.97 Å². The van der Waals surface area contributed by atoms with E-state index in [0.717, 1.165) is 6.07 Å². The molecular weight excluding hydrogens is 512 g/mol. The predicted molar refractivity (Wildman–Crippen MR) is 125 cm³/mol. The molecule has 1 aliphatic carbocycles. The SMILES string of the molecule is CC[C@@]1(O)C(=O)OCc2c1cc1n(c2=O)Cc2c-1nc1cc(F)c(Cl)c(F)c1c2CNC(=O)C1(O)CC1. The zero-order valence-electron chi connectivity index (χ0n) is 19.5. The molecule has 192 valence electrons. The van der Waals surface area contributed by atoms with Gasteiger partial charge in [-0.15, -0.1) is 0 Å². The minimum Gasteiger partial charge on any atom is -0.458 e. The van der Waals surface area contributed by atoms with Gasteiger partial charge in [0.2, 0.25) is 0 Å². The molecule has 1 fully saturated rings. The summed E-state index contributed by atoms with van der Waals surface area (Å²) in [5.74, 6) is -3.61. The average Bonchev–Trinajstić information content (AvgIpc) is 3.53. The van der Waals surface area contributed by atoms with Crippen molar-refractivity contribution in [1.29, 1.82) is 0 Å². The van der Waals surface area contributed by atoms with Gasteiger partial charge in [-0.2, -0.15) is 0 Å². The van der Waals surface area contributed by atoms with Crippen molar-refractivity contribution in [3.63, 3.8) is 0 Å². The van der Waals surface area contributed by atoms with Gasteiger partial charge in [0.05, 0.1) is 29.0 Å². The van der Waals surface area contributed by atoms with E-state index in [9.17, 15) is 29.0 Å². The molecule has 1 amide bonds. The van der Waals surface area contributed by atoms with Gasteiger partial charge in [0, 0.05) is 29.1 Å². The summed E-state index contributed by atoms with van der Waals surface area (Å²) in [6, 6.07) is 2.43.